The third-order valence-corrected chi connectivity index (χ3v) is 5.21. The lowest BCUT2D eigenvalue weighted by Gasteiger charge is -2.34. The molecular weight excluding hydrogens is 316 g/mol. The fourth-order valence-corrected chi connectivity index (χ4v) is 3.95. The Morgan fingerprint density at radius 3 is 2.76 bits per heavy atom. The van der Waals surface area contributed by atoms with Crippen LogP contribution in [0.2, 0.25) is 0 Å². The molecule has 0 saturated carbocycles. The molecule has 1 aromatic heterocycles. The van der Waals surface area contributed by atoms with E-state index < -0.39 is 10.0 Å². The van der Waals surface area contributed by atoms with Gasteiger partial charge in [-0.25, -0.2) is 13.4 Å². The molecule has 1 saturated heterocycles. The van der Waals surface area contributed by atoms with Gasteiger partial charge in [0.05, 0.1) is 6.20 Å². The Labute approximate surface area is 128 Å². The Bertz CT molecular complexity index is 659. The average molecular weight is 331 g/mol. The summed E-state index contributed by atoms with van der Waals surface area (Å²) in [4.78, 5) is 3.67. The molecule has 2 rings (SSSR count). The van der Waals surface area contributed by atoms with Gasteiger partial charge < -0.3 is 4.74 Å². The Morgan fingerprint density at radius 1 is 1.43 bits per heavy atom. The zero-order chi connectivity index (χ0) is 15.5. The molecule has 0 N–H and O–H groups in total. The van der Waals surface area contributed by atoms with Crippen LogP contribution in [-0.2, 0) is 10.0 Å². The SMILES string of the molecule is CN1CCCCN1S(=O)(=O)c1cncc(OCCl)c1C#N. The number of rotatable bonds is 4. The van der Waals surface area contributed by atoms with Crippen LogP contribution in [0.1, 0.15) is 18.4 Å². The van der Waals surface area contributed by atoms with Crippen molar-refractivity contribution in [2.75, 3.05) is 26.2 Å². The normalized spacial score (nSPS) is 17.4. The first kappa shape index (κ1) is 16.0. The van der Waals surface area contributed by atoms with Crippen molar-refractivity contribution in [3.8, 4) is 11.8 Å². The maximum absolute atomic E-state index is 12.7. The molecule has 0 bridgehead atoms. The van der Waals surface area contributed by atoms with Gasteiger partial charge in [0, 0.05) is 26.3 Å². The lowest BCUT2D eigenvalue weighted by atomic mass is 10.3. The number of sulfonamides is 1. The van der Waals surface area contributed by atoms with Crippen molar-refractivity contribution in [1.29, 1.82) is 5.26 Å². The maximum atomic E-state index is 12.7. The Kier molecular flexibility index (Phi) is 5.00. The second kappa shape index (κ2) is 6.58. The Morgan fingerprint density at radius 2 is 2.14 bits per heavy atom. The lowest BCUT2D eigenvalue weighted by molar-refractivity contribution is 0.0594. The summed E-state index contributed by atoms with van der Waals surface area (Å²) in [5.74, 6) is 0.0632. The molecule has 0 atom stereocenters. The quantitative estimate of drug-likeness (QED) is 0.770. The molecule has 1 fully saturated rings. The summed E-state index contributed by atoms with van der Waals surface area (Å²) in [5, 5.41) is 10.9. The molecule has 9 heteroatoms. The highest BCUT2D eigenvalue weighted by Gasteiger charge is 2.33. The molecular formula is C12H15ClN4O3S. The standard InChI is InChI=1S/C12H15ClN4O3S/c1-16-4-2-3-5-17(16)21(18,19)12-8-15-7-11(20-9-13)10(12)6-14/h7-8H,2-5,9H2,1H3. The molecule has 0 aliphatic carbocycles. The van der Waals surface area contributed by atoms with Crippen molar-refractivity contribution in [1.82, 2.24) is 14.4 Å². The number of nitrogens with zero attached hydrogens (tertiary/aromatic N) is 4. The van der Waals surface area contributed by atoms with Gasteiger partial charge in [0.1, 0.15) is 16.5 Å². The number of hydrazine groups is 1. The first-order chi connectivity index (χ1) is 10.0. The first-order valence-corrected chi connectivity index (χ1v) is 8.30. The molecule has 0 unspecified atom stereocenters. The minimum Gasteiger partial charge on any atom is -0.475 e. The van der Waals surface area contributed by atoms with Gasteiger partial charge >= 0.3 is 0 Å². The van der Waals surface area contributed by atoms with E-state index in [-0.39, 0.29) is 22.3 Å². The largest absolute Gasteiger partial charge is 0.475 e. The summed E-state index contributed by atoms with van der Waals surface area (Å²) < 4.78 is 31.8. The van der Waals surface area contributed by atoms with Crippen molar-refractivity contribution in [3.63, 3.8) is 0 Å². The highest BCUT2D eigenvalue weighted by atomic mass is 35.5. The number of hydrogen-bond acceptors (Lipinski definition) is 6. The van der Waals surface area contributed by atoms with E-state index in [1.807, 2.05) is 6.07 Å². The van der Waals surface area contributed by atoms with Gasteiger partial charge in [-0.15, -0.1) is 4.41 Å². The maximum Gasteiger partial charge on any atom is 0.258 e. The number of hydrogen-bond donors (Lipinski definition) is 0. The summed E-state index contributed by atoms with van der Waals surface area (Å²) in [6.45, 7) is 1.02. The zero-order valence-corrected chi connectivity index (χ0v) is 13.1. The zero-order valence-electron chi connectivity index (χ0n) is 11.5. The van der Waals surface area contributed by atoms with Crippen LogP contribution in [0.3, 0.4) is 0 Å². The fraction of sp³-hybridized carbons (Fsp3) is 0.500. The second-order valence-corrected chi connectivity index (χ2v) is 6.54. The number of ether oxygens (including phenoxy) is 1. The monoisotopic (exact) mass is 330 g/mol. The van der Waals surface area contributed by atoms with Gasteiger partial charge in [-0.05, 0) is 12.8 Å². The summed E-state index contributed by atoms with van der Waals surface area (Å²) >= 11 is 5.48. The smallest absolute Gasteiger partial charge is 0.258 e. The topological polar surface area (TPSA) is 86.5 Å². The van der Waals surface area contributed by atoms with Gasteiger partial charge in [0.25, 0.3) is 10.0 Å². The van der Waals surface area contributed by atoms with Crippen LogP contribution in [0.15, 0.2) is 17.3 Å². The molecule has 1 aliphatic rings. The van der Waals surface area contributed by atoms with Gasteiger partial charge in [0.15, 0.2) is 11.8 Å². The molecule has 0 radical (unpaired) electrons. The van der Waals surface area contributed by atoms with Crippen molar-refractivity contribution < 1.29 is 13.2 Å². The number of alkyl halides is 1. The van der Waals surface area contributed by atoms with Crippen LogP contribution in [0.4, 0.5) is 0 Å². The highest BCUT2D eigenvalue weighted by Crippen LogP contribution is 2.28. The molecule has 21 heavy (non-hydrogen) atoms. The summed E-state index contributed by atoms with van der Waals surface area (Å²) in [7, 11) is -2.14. The van der Waals surface area contributed by atoms with E-state index in [1.165, 1.54) is 10.6 Å². The Hall–Kier alpha value is -1.40. The molecule has 1 aliphatic heterocycles. The number of aromatic nitrogens is 1. The predicted octanol–water partition coefficient (Wildman–Crippen LogP) is 1.16. The van der Waals surface area contributed by atoms with E-state index in [1.54, 1.807) is 12.1 Å². The minimum atomic E-state index is -3.84. The third-order valence-electron chi connectivity index (χ3n) is 3.22. The fourth-order valence-electron chi connectivity index (χ4n) is 2.18. The van der Waals surface area contributed by atoms with Crippen molar-refractivity contribution >= 4 is 21.6 Å². The van der Waals surface area contributed by atoms with Gasteiger partial charge in [-0.2, -0.15) is 5.26 Å². The van der Waals surface area contributed by atoms with Crippen LogP contribution in [0.5, 0.6) is 5.75 Å². The van der Waals surface area contributed by atoms with E-state index >= 15 is 0 Å². The first-order valence-electron chi connectivity index (χ1n) is 6.33. The van der Waals surface area contributed by atoms with Crippen molar-refractivity contribution in [2.45, 2.75) is 17.7 Å². The van der Waals surface area contributed by atoms with E-state index in [9.17, 15) is 13.7 Å². The van der Waals surface area contributed by atoms with E-state index in [4.69, 9.17) is 16.3 Å². The van der Waals surface area contributed by atoms with Crippen LogP contribution in [0, 0.1) is 11.3 Å². The van der Waals surface area contributed by atoms with E-state index in [0.29, 0.717) is 13.1 Å². The van der Waals surface area contributed by atoms with Crippen LogP contribution >= 0.6 is 11.6 Å². The van der Waals surface area contributed by atoms with Crippen LogP contribution in [-0.4, -0.2) is 49.0 Å². The van der Waals surface area contributed by atoms with Crippen LogP contribution in [0.25, 0.3) is 0 Å². The molecule has 2 heterocycles. The molecule has 0 spiro atoms. The molecule has 0 amide bonds. The minimum absolute atomic E-state index is 0.0632. The van der Waals surface area contributed by atoms with Crippen molar-refractivity contribution in [3.05, 3.63) is 18.0 Å². The van der Waals surface area contributed by atoms with Gasteiger partial charge in [-0.3, -0.25) is 4.98 Å². The number of nitriles is 1. The van der Waals surface area contributed by atoms with Crippen LogP contribution < -0.4 is 4.74 Å². The Balaban J connectivity index is 2.49. The van der Waals surface area contributed by atoms with E-state index in [2.05, 4.69) is 4.98 Å². The molecule has 1 aromatic rings. The predicted molar refractivity (Wildman–Crippen MR) is 76.1 cm³/mol. The second-order valence-electron chi connectivity index (χ2n) is 4.52. The summed E-state index contributed by atoms with van der Waals surface area (Å²) in [6, 6.07) is 1.67. The highest BCUT2D eigenvalue weighted by molar-refractivity contribution is 7.89. The third kappa shape index (κ3) is 3.11. The van der Waals surface area contributed by atoms with Crippen molar-refractivity contribution in [2.24, 2.45) is 0 Å². The molecule has 0 aromatic carbocycles. The number of pyridine rings is 1. The van der Waals surface area contributed by atoms with Gasteiger partial charge in [-0.1, -0.05) is 11.6 Å². The lowest BCUT2D eigenvalue weighted by Crippen LogP contribution is -2.48. The summed E-state index contributed by atoms with van der Waals surface area (Å²) in [5.41, 5.74) is -0.0791. The molecule has 114 valence electrons. The summed E-state index contributed by atoms with van der Waals surface area (Å²) in [6.07, 6.45) is 4.15. The molecule has 7 nitrogen and oxygen atoms in total. The average Bonchev–Trinajstić information content (AvgIpc) is 2.47. The number of halogens is 1. The van der Waals surface area contributed by atoms with E-state index in [0.717, 1.165) is 19.0 Å². The van der Waals surface area contributed by atoms with Gasteiger partial charge in [0.2, 0.25) is 0 Å².